The third-order valence-corrected chi connectivity index (χ3v) is 5.93. The van der Waals surface area contributed by atoms with Gasteiger partial charge < -0.3 is 14.8 Å². The van der Waals surface area contributed by atoms with Gasteiger partial charge in [-0.15, -0.1) is 0 Å². The maximum Gasteiger partial charge on any atom is 0.262 e. The van der Waals surface area contributed by atoms with E-state index in [2.05, 4.69) is 5.32 Å². The van der Waals surface area contributed by atoms with Crippen molar-refractivity contribution >= 4 is 21.6 Å². The smallest absolute Gasteiger partial charge is 0.262 e. The Morgan fingerprint density at radius 1 is 1.11 bits per heavy atom. The van der Waals surface area contributed by atoms with Crippen molar-refractivity contribution in [2.24, 2.45) is 0 Å². The largest absolute Gasteiger partial charge is 0.495 e. The first-order chi connectivity index (χ1) is 13.2. The number of amides is 1. The van der Waals surface area contributed by atoms with Crippen molar-refractivity contribution in [2.45, 2.75) is 24.7 Å². The summed E-state index contributed by atoms with van der Waals surface area (Å²) in [5.41, 5.74) is 1.27. The van der Waals surface area contributed by atoms with Gasteiger partial charge in [-0.3, -0.25) is 4.79 Å². The summed E-state index contributed by atoms with van der Waals surface area (Å²) in [6, 6.07) is 11.8. The van der Waals surface area contributed by atoms with E-state index in [1.165, 1.54) is 39.4 Å². The lowest BCUT2D eigenvalue weighted by molar-refractivity contribution is -0.118. The van der Waals surface area contributed by atoms with Crippen LogP contribution in [0.1, 0.15) is 25.3 Å². The number of sulfonamides is 1. The topological polar surface area (TPSA) is 84.9 Å². The molecule has 28 heavy (non-hydrogen) atoms. The first kappa shape index (κ1) is 21.7. The summed E-state index contributed by atoms with van der Waals surface area (Å²) in [5, 5.41) is 2.66. The van der Waals surface area contributed by atoms with Crippen LogP contribution < -0.4 is 14.8 Å². The van der Waals surface area contributed by atoms with Gasteiger partial charge >= 0.3 is 0 Å². The highest BCUT2D eigenvalue weighted by molar-refractivity contribution is 7.89. The molecule has 0 aliphatic carbocycles. The molecule has 1 N–H and O–H groups in total. The lowest BCUT2D eigenvalue weighted by Crippen LogP contribution is -2.23. The minimum absolute atomic E-state index is 0.0553. The zero-order valence-corrected chi connectivity index (χ0v) is 17.5. The monoisotopic (exact) mass is 406 g/mol. The van der Waals surface area contributed by atoms with Gasteiger partial charge in [-0.2, -0.15) is 0 Å². The van der Waals surface area contributed by atoms with Crippen LogP contribution in [0, 0.1) is 0 Å². The number of hydrogen-bond donors (Lipinski definition) is 1. The Balaban J connectivity index is 2.17. The molecule has 7 nitrogen and oxygen atoms in total. The van der Waals surface area contributed by atoms with Crippen LogP contribution in [-0.2, 0) is 14.8 Å². The number of benzene rings is 2. The first-order valence-corrected chi connectivity index (χ1v) is 10.2. The molecule has 0 spiro atoms. The summed E-state index contributed by atoms with van der Waals surface area (Å²) in [4.78, 5) is 12.4. The van der Waals surface area contributed by atoms with Crippen LogP contribution in [-0.4, -0.2) is 46.4 Å². The van der Waals surface area contributed by atoms with Gasteiger partial charge in [0, 0.05) is 14.1 Å². The van der Waals surface area contributed by atoms with Crippen molar-refractivity contribution in [1.82, 2.24) is 4.31 Å². The zero-order chi connectivity index (χ0) is 20.9. The average molecular weight is 407 g/mol. The molecule has 2 aromatic carbocycles. The Bertz CT molecular complexity index is 939. The molecule has 0 saturated heterocycles. The molecule has 0 bridgehead atoms. The van der Waals surface area contributed by atoms with Crippen molar-refractivity contribution < 1.29 is 22.7 Å². The minimum atomic E-state index is -3.64. The number of carbonyl (C=O) groups is 1. The summed E-state index contributed by atoms with van der Waals surface area (Å²) in [6.07, 6.45) is 0. The lowest BCUT2D eigenvalue weighted by atomic mass is 10.0. The van der Waals surface area contributed by atoms with E-state index in [0.717, 1.165) is 9.87 Å². The summed E-state index contributed by atoms with van der Waals surface area (Å²) in [5.74, 6) is 0.834. The molecule has 1 amide bonds. The molecule has 152 valence electrons. The number of methoxy groups -OCH3 is 1. The molecular formula is C20H26N2O5S. The van der Waals surface area contributed by atoms with Crippen molar-refractivity contribution in [3.8, 4) is 11.5 Å². The molecule has 2 aromatic rings. The van der Waals surface area contributed by atoms with E-state index in [1.807, 2.05) is 38.1 Å². The Hall–Kier alpha value is -2.58. The van der Waals surface area contributed by atoms with Gasteiger partial charge in [-0.05, 0) is 35.7 Å². The molecule has 0 heterocycles. The fourth-order valence-electron chi connectivity index (χ4n) is 2.57. The van der Waals surface area contributed by atoms with Crippen LogP contribution >= 0.6 is 0 Å². The Morgan fingerprint density at radius 2 is 1.79 bits per heavy atom. The number of nitrogens with one attached hydrogen (secondary N) is 1. The van der Waals surface area contributed by atoms with Crippen LogP contribution in [0.25, 0.3) is 0 Å². The molecule has 8 heteroatoms. The van der Waals surface area contributed by atoms with E-state index in [-0.39, 0.29) is 23.1 Å². The fourth-order valence-corrected chi connectivity index (χ4v) is 3.50. The van der Waals surface area contributed by atoms with E-state index in [9.17, 15) is 13.2 Å². The van der Waals surface area contributed by atoms with Crippen LogP contribution in [0.15, 0.2) is 47.4 Å². The van der Waals surface area contributed by atoms with Crippen LogP contribution in [0.2, 0.25) is 0 Å². The van der Waals surface area contributed by atoms with Crippen molar-refractivity contribution in [1.29, 1.82) is 0 Å². The maximum absolute atomic E-state index is 12.4. The van der Waals surface area contributed by atoms with Crippen LogP contribution in [0.3, 0.4) is 0 Å². The highest BCUT2D eigenvalue weighted by atomic mass is 32.2. The standard InChI is InChI=1S/C20H26N2O5S/c1-14(2)16-8-6-7-9-18(16)27-13-20(23)21-17-12-15(10-11-19(17)26-5)28(24,25)22(3)4/h6-12,14H,13H2,1-5H3,(H,21,23). The molecule has 0 atom stereocenters. The second-order valence-corrected chi connectivity index (χ2v) is 8.83. The predicted molar refractivity (Wildman–Crippen MR) is 109 cm³/mol. The summed E-state index contributed by atoms with van der Waals surface area (Å²) in [6.45, 7) is 3.88. The summed E-state index contributed by atoms with van der Waals surface area (Å²) >= 11 is 0. The Labute approximate surface area is 166 Å². The van der Waals surface area contributed by atoms with Gasteiger partial charge in [0.05, 0.1) is 17.7 Å². The van der Waals surface area contributed by atoms with Gasteiger partial charge in [0.1, 0.15) is 11.5 Å². The number of nitrogens with zero attached hydrogens (tertiary/aromatic N) is 1. The molecular weight excluding hydrogens is 380 g/mol. The van der Waals surface area contributed by atoms with Crippen molar-refractivity contribution in [3.05, 3.63) is 48.0 Å². The lowest BCUT2D eigenvalue weighted by Gasteiger charge is -2.16. The second kappa shape index (κ2) is 9.07. The first-order valence-electron chi connectivity index (χ1n) is 8.79. The van der Waals surface area contributed by atoms with Crippen LogP contribution in [0.5, 0.6) is 11.5 Å². The number of hydrogen-bond acceptors (Lipinski definition) is 5. The third kappa shape index (κ3) is 5.02. The van der Waals surface area contributed by atoms with E-state index >= 15 is 0 Å². The molecule has 0 unspecified atom stereocenters. The summed E-state index contributed by atoms with van der Waals surface area (Å²) in [7, 11) is 0.694. The fraction of sp³-hybridized carbons (Fsp3) is 0.350. The second-order valence-electron chi connectivity index (χ2n) is 6.68. The average Bonchev–Trinajstić information content (AvgIpc) is 2.66. The molecule has 0 saturated carbocycles. The molecule has 2 rings (SSSR count). The van der Waals surface area contributed by atoms with E-state index < -0.39 is 15.9 Å². The van der Waals surface area contributed by atoms with Gasteiger partial charge in [-0.25, -0.2) is 12.7 Å². The zero-order valence-electron chi connectivity index (χ0n) is 16.7. The molecule has 0 radical (unpaired) electrons. The molecule has 0 aliphatic rings. The van der Waals surface area contributed by atoms with Crippen molar-refractivity contribution in [2.75, 3.05) is 33.1 Å². The van der Waals surface area contributed by atoms with E-state index in [4.69, 9.17) is 9.47 Å². The summed E-state index contributed by atoms with van der Waals surface area (Å²) < 4.78 is 36.6. The molecule has 0 fully saturated rings. The van der Waals surface area contributed by atoms with E-state index in [0.29, 0.717) is 11.5 Å². The van der Waals surface area contributed by atoms with E-state index in [1.54, 1.807) is 0 Å². The highest BCUT2D eigenvalue weighted by Gasteiger charge is 2.20. The number of rotatable bonds is 8. The SMILES string of the molecule is COc1ccc(S(=O)(=O)N(C)C)cc1NC(=O)COc1ccccc1C(C)C. The normalized spacial score (nSPS) is 11.5. The highest BCUT2D eigenvalue weighted by Crippen LogP contribution is 2.29. The molecule has 0 aliphatic heterocycles. The minimum Gasteiger partial charge on any atom is -0.495 e. The van der Waals surface area contributed by atoms with Crippen molar-refractivity contribution in [3.63, 3.8) is 0 Å². The van der Waals surface area contributed by atoms with Gasteiger partial charge in [0.25, 0.3) is 5.91 Å². The third-order valence-electron chi connectivity index (χ3n) is 4.12. The van der Waals surface area contributed by atoms with Gasteiger partial charge in [0.2, 0.25) is 10.0 Å². The molecule has 0 aromatic heterocycles. The maximum atomic E-state index is 12.4. The van der Waals surface area contributed by atoms with Gasteiger partial charge in [0.15, 0.2) is 6.61 Å². The van der Waals surface area contributed by atoms with Crippen LogP contribution in [0.4, 0.5) is 5.69 Å². The quantitative estimate of drug-likeness (QED) is 0.728. The number of ether oxygens (including phenoxy) is 2. The Kier molecular flexibility index (Phi) is 7.04. The number of para-hydroxylation sites is 1. The Morgan fingerprint density at radius 3 is 2.39 bits per heavy atom. The number of carbonyl (C=O) groups excluding carboxylic acids is 1. The predicted octanol–water partition coefficient (Wildman–Crippen LogP) is 3.09. The van der Waals surface area contributed by atoms with Gasteiger partial charge in [-0.1, -0.05) is 32.0 Å². The number of anilines is 1.